The van der Waals surface area contributed by atoms with Crippen LogP contribution in [0.1, 0.15) is 51.8 Å². The lowest BCUT2D eigenvalue weighted by Crippen LogP contribution is -2.39. The van der Waals surface area contributed by atoms with Crippen molar-refractivity contribution in [3.05, 3.63) is 18.0 Å². The van der Waals surface area contributed by atoms with Gasteiger partial charge in [0.2, 0.25) is 10.0 Å². The predicted molar refractivity (Wildman–Crippen MR) is 82.5 cm³/mol. The molecule has 5 nitrogen and oxygen atoms in total. The monoisotopic (exact) mass is 314 g/mol. The number of aliphatic hydroxyl groups is 1. The van der Waals surface area contributed by atoms with E-state index in [1.54, 1.807) is 16.6 Å². The van der Waals surface area contributed by atoms with Crippen LogP contribution in [-0.2, 0) is 16.6 Å². The third kappa shape index (κ3) is 3.33. The van der Waals surface area contributed by atoms with E-state index in [0.717, 1.165) is 19.3 Å². The van der Waals surface area contributed by atoms with Crippen molar-refractivity contribution in [2.75, 3.05) is 13.1 Å². The molecule has 1 aromatic heterocycles. The quantitative estimate of drug-likeness (QED) is 0.907. The zero-order valence-corrected chi connectivity index (χ0v) is 13.9. The molecule has 0 bridgehead atoms. The van der Waals surface area contributed by atoms with E-state index in [2.05, 4.69) is 6.92 Å². The molecule has 1 fully saturated rings. The minimum absolute atomic E-state index is 0.126. The Hall–Kier alpha value is -0.850. The van der Waals surface area contributed by atoms with Gasteiger partial charge in [-0.15, -0.1) is 0 Å². The zero-order chi connectivity index (χ0) is 15.6. The van der Waals surface area contributed by atoms with Gasteiger partial charge < -0.3 is 9.67 Å². The van der Waals surface area contributed by atoms with E-state index in [9.17, 15) is 13.5 Å². The van der Waals surface area contributed by atoms with Crippen LogP contribution >= 0.6 is 0 Å². The number of sulfonamides is 1. The lowest BCUT2D eigenvalue weighted by atomic mass is 9.97. The average molecular weight is 314 g/mol. The van der Waals surface area contributed by atoms with Crippen LogP contribution in [0.4, 0.5) is 0 Å². The van der Waals surface area contributed by atoms with Gasteiger partial charge in [-0.2, -0.15) is 4.31 Å². The fourth-order valence-corrected chi connectivity index (χ4v) is 4.58. The van der Waals surface area contributed by atoms with Gasteiger partial charge in [-0.05, 0) is 38.7 Å². The molecule has 1 aromatic rings. The second-order valence-electron chi connectivity index (χ2n) is 6.11. The average Bonchev–Trinajstić information content (AvgIpc) is 2.92. The molecule has 1 aliphatic heterocycles. The molecule has 0 amide bonds. The molecule has 1 unspecified atom stereocenters. The normalized spacial score (nSPS) is 21.1. The highest BCUT2D eigenvalue weighted by Crippen LogP contribution is 2.27. The van der Waals surface area contributed by atoms with Crippen molar-refractivity contribution in [1.82, 2.24) is 8.87 Å². The highest BCUT2D eigenvalue weighted by molar-refractivity contribution is 7.89. The Balaban J connectivity index is 2.31. The van der Waals surface area contributed by atoms with Crippen LogP contribution in [0.3, 0.4) is 0 Å². The van der Waals surface area contributed by atoms with E-state index in [4.69, 9.17) is 0 Å². The fourth-order valence-electron chi connectivity index (χ4n) is 2.97. The third-order valence-electron chi connectivity index (χ3n) is 4.32. The molecule has 1 aliphatic rings. The number of hydrogen-bond acceptors (Lipinski definition) is 3. The molecule has 2 heterocycles. The number of nitrogens with zero attached hydrogens (tertiary/aromatic N) is 2. The van der Waals surface area contributed by atoms with Crippen LogP contribution in [0.5, 0.6) is 0 Å². The Kier molecular flexibility index (Phi) is 5.11. The summed E-state index contributed by atoms with van der Waals surface area (Å²) in [6, 6.07) is 1.73. The minimum atomic E-state index is -3.45. The first kappa shape index (κ1) is 16.5. The molecule has 21 heavy (non-hydrogen) atoms. The van der Waals surface area contributed by atoms with E-state index in [0.29, 0.717) is 29.6 Å². The van der Waals surface area contributed by atoms with Gasteiger partial charge >= 0.3 is 0 Å². The molecule has 120 valence electrons. The van der Waals surface area contributed by atoms with Gasteiger partial charge in [0.05, 0.1) is 6.61 Å². The first-order valence-electron chi connectivity index (χ1n) is 7.71. The predicted octanol–water partition coefficient (Wildman–Crippen LogP) is 2.37. The number of hydrogen-bond donors (Lipinski definition) is 1. The van der Waals surface area contributed by atoms with Gasteiger partial charge in [0.1, 0.15) is 4.90 Å². The van der Waals surface area contributed by atoms with Gasteiger partial charge in [-0.1, -0.05) is 13.3 Å². The van der Waals surface area contributed by atoms with Gasteiger partial charge in [0.25, 0.3) is 0 Å². The Bertz CT molecular complexity index is 578. The number of aromatic nitrogens is 1. The Morgan fingerprint density at radius 1 is 1.43 bits per heavy atom. The standard InChI is InChI=1S/C15H26N2O3S/c1-4-13-6-5-7-16(9-13)21(19,20)15-8-14(11-18)17(10-15)12(2)3/h8,10,12-13,18H,4-7,9,11H2,1-3H3. The Morgan fingerprint density at radius 3 is 2.67 bits per heavy atom. The van der Waals surface area contributed by atoms with Crippen LogP contribution in [0, 0.1) is 5.92 Å². The van der Waals surface area contributed by atoms with E-state index >= 15 is 0 Å². The first-order valence-corrected chi connectivity index (χ1v) is 9.15. The van der Waals surface area contributed by atoms with E-state index in [1.165, 1.54) is 0 Å². The molecule has 0 saturated carbocycles. The summed E-state index contributed by atoms with van der Waals surface area (Å²) in [5, 5.41) is 9.41. The number of piperidine rings is 1. The summed E-state index contributed by atoms with van der Waals surface area (Å²) in [5.41, 5.74) is 0.646. The summed E-state index contributed by atoms with van der Waals surface area (Å²) in [5.74, 6) is 0.457. The Morgan fingerprint density at radius 2 is 2.14 bits per heavy atom. The van der Waals surface area contributed by atoms with E-state index in [-0.39, 0.29) is 12.6 Å². The molecule has 0 radical (unpaired) electrons. The van der Waals surface area contributed by atoms with Crippen LogP contribution in [-0.4, -0.2) is 35.5 Å². The van der Waals surface area contributed by atoms with Gasteiger partial charge in [-0.3, -0.25) is 0 Å². The van der Waals surface area contributed by atoms with Crippen LogP contribution in [0.2, 0.25) is 0 Å². The van der Waals surface area contributed by atoms with E-state index < -0.39 is 10.0 Å². The Labute approximate surface area is 127 Å². The fraction of sp³-hybridized carbons (Fsp3) is 0.733. The van der Waals surface area contributed by atoms with Crippen molar-refractivity contribution in [2.45, 2.75) is 57.6 Å². The molecule has 1 atom stereocenters. The second-order valence-corrected chi connectivity index (χ2v) is 8.04. The minimum Gasteiger partial charge on any atom is -0.390 e. The van der Waals surface area contributed by atoms with Gasteiger partial charge in [0, 0.05) is 31.0 Å². The summed E-state index contributed by atoms with van der Waals surface area (Å²) in [6.45, 7) is 7.12. The van der Waals surface area contributed by atoms with Crippen molar-refractivity contribution < 1.29 is 13.5 Å². The summed E-state index contributed by atoms with van der Waals surface area (Å²) in [7, 11) is -3.45. The maximum absolute atomic E-state index is 12.8. The van der Waals surface area contributed by atoms with E-state index in [1.807, 2.05) is 18.4 Å². The topological polar surface area (TPSA) is 62.5 Å². The highest BCUT2D eigenvalue weighted by atomic mass is 32.2. The van der Waals surface area contributed by atoms with Gasteiger partial charge in [-0.25, -0.2) is 8.42 Å². The van der Waals surface area contributed by atoms with Crippen molar-refractivity contribution in [3.8, 4) is 0 Å². The van der Waals surface area contributed by atoms with Crippen molar-refractivity contribution in [3.63, 3.8) is 0 Å². The molecule has 0 aliphatic carbocycles. The number of aliphatic hydroxyl groups excluding tert-OH is 1. The molecule has 1 saturated heterocycles. The van der Waals surface area contributed by atoms with Crippen LogP contribution < -0.4 is 0 Å². The maximum atomic E-state index is 12.8. The largest absolute Gasteiger partial charge is 0.390 e. The maximum Gasteiger partial charge on any atom is 0.244 e. The molecule has 6 heteroatoms. The van der Waals surface area contributed by atoms with Crippen molar-refractivity contribution in [2.24, 2.45) is 5.92 Å². The third-order valence-corrected chi connectivity index (χ3v) is 6.15. The molecule has 0 spiro atoms. The zero-order valence-electron chi connectivity index (χ0n) is 13.1. The number of rotatable bonds is 5. The molecule has 0 aromatic carbocycles. The lowest BCUT2D eigenvalue weighted by molar-refractivity contribution is 0.261. The van der Waals surface area contributed by atoms with Gasteiger partial charge in [0.15, 0.2) is 0 Å². The molecular weight excluding hydrogens is 288 g/mol. The molecule has 1 N–H and O–H groups in total. The summed E-state index contributed by atoms with van der Waals surface area (Å²) < 4.78 is 29.0. The lowest BCUT2D eigenvalue weighted by Gasteiger charge is -2.31. The smallest absolute Gasteiger partial charge is 0.244 e. The summed E-state index contributed by atoms with van der Waals surface area (Å²) in [4.78, 5) is 0.303. The first-order chi connectivity index (χ1) is 9.90. The molecular formula is C15H26N2O3S. The van der Waals surface area contributed by atoms with Crippen LogP contribution in [0.15, 0.2) is 17.2 Å². The van der Waals surface area contributed by atoms with Crippen molar-refractivity contribution in [1.29, 1.82) is 0 Å². The summed E-state index contributed by atoms with van der Waals surface area (Å²) >= 11 is 0. The van der Waals surface area contributed by atoms with Crippen LogP contribution in [0.25, 0.3) is 0 Å². The summed E-state index contributed by atoms with van der Waals surface area (Å²) in [6.07, 6.45) is 4.70. The molecule has 2 rings (SSSR count). The van der Waals surface area contributed by atoms with Crippen molar-refractivity contribution >= 4 is 10.0 Å². The second kappa shape index (κ2) is 6.50. The SMILES string of the molecule is CCC1CCCN(S(=O)(=O)c2cc(CO)n(C(C)C)c2)C1. The highest BCUT2D eigenvalue weighted by Gasteiger charge is 2.31.